The summed E-state index contributed by atoms with van der Waals surface area (Å²) in [6.45, 7) is 3.66. The fourth-order valence-corrected chi connectivity index (χ4v) is 2.17. The largest absolute Gasteiger partial charge is 0.500 e. The maximum Gasteiger partial charge on any atom is 0.296 e. The van der Waals surface area contributed by atoms with Gasteiger partial charge in [-0.1, -0.05) is 6.92 Å². The number of aromatic nitrogens is 1. The van der Waals surface area contributed by atoms with Crippen LogP contribution in [0.3, 0.4) is 0 Å². The van der Waals surface area contributed by atoms with Crippen LogP contribution in [0.5, 0.6) is 11.5 Å². The summed E-state index contributed by atoms with van der Waals surface area (Å²) >= 11 is 0. The number of rotatable bonds is 4. The number of benzene rings is 1. The predicted octanol–water partition coefficient (Wildman–Crippen LogP) is 2.84. The zero-order valence-corrected chi connectivity index (χ0v) is 12.5. The summed E-state index contributed by atoms with van der Waals surface area (Å²) in [6, 6.07) is 4.05. The molecular formula is C15H16N2O5. The van der Waals surface area contributed by atoms with E-state index in [9.17, 15) is 20.0 Å². The molecular weight excluding hydrogens is 288 g/mol. The standard InChI is InChI=1S/C15H16N2O5/c1-4-10(5-2)22-14-11-7-6-9(17(20)21)8-12(11)16(3)15(19)13(14)18/h4,6-8,18H,5H2,1-3H3. The van der Waals surface area contributed by atoms with Gasteiger partial charge in [0, 0.05) is 31.0 Å². The van der Waals surface area contributed by atoms with Crippen LogP contribution in [0.15, 0.2) is 34.8 Å². The lowest BCUT2D eigenvalue weighted by molar-refractivity contribution is -0.384. The lowest BCUT2D eigenvalue weighted by Crippen LogP contribution is -2.17. The fraction of sp³-hybridized carbons (Fsp3) is 0.267. The third-order valence-electron chi connectivity index (χ3n) is 3.42. The fourth-order valence-electron chi connectivity index (χ4n) is 2.17. The number of aromatic hydroxyl groups is 1. The van der Waals surface area contributed by atoms with E-state index in [-0.39, 0.29) is 11.4 Å². The molecule has 0 unspecified atom stereocenters. The van der Waals surface area contributed by atoms with Crippen LogP contribution in [0, 0.1) is 10.1 Å². The van der Waals surface area contributed by atoms with Gasteiger partial charge in [-0.15, -0.1) is 0 Å². The van der Waals surface area contributed by atoms with E-state index >= 15 is 0 Å². The molecule has 1 N–H and O–H groups in total. The molecule has 1 aromatic carbocycles. The Morgan fingerprint density at radius 2 is 2.18 bits per heavy atom. The molecule has 0 atom stereocenters. The monoisotopic (exact) mass is 304 g/mol. The molecule has 0 saturated heterocycles. The number of pyridine rings is 1. The lowest BCUT2D eigenvalue weighted by atomic mass is 10.1. The number of ether oxygens (including phenoxy) is 1. The summed E-state index contributed by atoms with van der Waals surface area (Å²) in [5, 5.41) is 21.4. The Morgan fingerprint density at radius 1 is 1.50 bits per heavy atom. The molecule has 0 spiro atoms. The molecule has 2 rings (SSSR count). The molecule has 7 heteroatoms. The molecule has 0 bridgehead atoms. The van der Waals surface area contributed by atoms with Crippen molar-refractivity contribution in [3.63, 3.8) is 0 Å². The summed E-state index contributed by atoms with van der Waals surface area (Å²) in [6.07, 6.45) is 2.31. The molecule has 7 nitrogen and oxygen atoms in total. The number of aryl methyl sites for hydroxylation is 1. The molecule has 0 saturated carbocycles. The number of allylic oxidation sites excluding steroid dienone is 2. The highest BCUT2D eigenvalue weighted by Gasteiger charge is 2.19. The minimum absolute atomic E-state index is 0.0166. The van der Waals surface area contributed by atoms with Gasteiger partial charge in [-0.25, -0.2) is 0 Å². The van der Waals surface area contributed by atoms with E-state index in [1.165, 1.54) is 25.2 Å². The maximum atomic E-state index is 12.1. The van der Waals surface area contributed by atoms with E-state index in [0.717, 1.165) is 4.57 Å². The van der Waals surface area contributed by atoms with Crippen molar-refractivity contribution in [2.75, 3.05) is 0 Å². The van der Waals surface area contributed by atoms with Crippen LogP contribution in [-0.4, -0.2) is 14.6 Å². The summed E-state index contributed by atoms with van der Waals surface area (Å²) < 4.78 is 6.78. The van der Waals surface area contributed by atoms with Gasteiger partial charge in [-0.3, -0.25) is 14.9 Å². The lowest BCUT2D eigenvalue weighted by Gasteiger charge is -2.14. The summed E-state index contributed by atoms with van der Waals surface area (Å²) in [5.41, 5.74) is -0.492. The van der Waals surface area contributed by atoms with Gasteiger partial charge in [0.1, 0.15) is 0 Å². The molecule has 116 valence electrons. The summed E-state index contributed by atoms with van der Waals surface area (Å²) in [5.74, 6) is 0.0859. The van der Waals surface area contributed by atoms with Crippen LogP contribution < -0.4 is 10.3 Å². The first-order valence-electron chi connectivity index (χ1n) is 6.73. The highest BCUT2D eigenvalue weighted by molar-refractivity contribution is 5.89. The number of nitro benzene ring substituents is 1. The maximum absolute atomic E-state index is 12.1. The van der Waals surface area contributed by atoms with Gasteiger partial charge in [-0.2, -0.15) is 0 Å². The molecule has 0 aliphatic rings. The van der Waals surface area contributed by atoms with Gasteiger partial charge in [0.05, 0.1) is 16.2 Å². The van der Waals surface area contributed by atoms with E-state index in [1.54, 1.807) is 13.0 Å². The van der Waals surface area contributed by atoms with Gasteiger partial charge >= 0.3 is 0 Å². The third kappa shape index (κ3) is 2.52. The van der Waals surface area contributed by atoms with Crippen LogP contribution in [-0.2, 0) is 7.05 Å². The number of hydrogen-bond acceptors (Lipinski definition) is 5. The normalized spacial score (nSPS) is 11.7. The van der Waals surface area contributed by atoms with Crippen molar-refractivity contribution in [2.45, 2.75) is 20.3 Å². The van der Waals surface area contributed by atoms with E-state index < -0.39 is 16.2 Å². The minimum Gasteiger partial charge on any atom is -0.500 e. The van der Waals surface area contributed by atoms with Crippen molar-refractivity contribution < 1.29 is 14.8 Å². The number of fused-ring (bicyclic) bond motifs is 1. The SMILES string of the molecule is CC=C(CC)Oc1c(O)c(=O)n(C)c2cc([N+](=O)[O-])ccc12. The molecule has 2 aromatic rings. The van der Waals surface area contributed by atoms with Gasteiger partial charge in [0.15, 0.2) is 5.75 Å². The van der Waals surface area contributed by atoms with E-state index in [2.05, 4.69) is 0 Å². The van der Waals surface area contributed by atoms with Crippen LogP contribution in [0.2, 0.25) is 0 Å². The first-order chi connectivity index (χ1) is 10.4. The van der Waals surface area contributed by atoms with Crippen molar-refractivity contribution in [3.8, 4) is 11.5 Å². The molecule has 0 amide bonds. The predicted molar refractivity (Wildman–Crippen MR) is 82.2 cm³/mol. The van der Waals surface area contributed by atoms with Gasteiger partial charge in [-0.05, 0) is 19.1 Å². The van der Waals surface area contributed by atoms with E-state index in [0.29, 0.717) is 23.1 Å². The number of nitro groups is 1. The average molecular weight is 304 g/mol. The summed E-state index contributed by atoms with van der Waals surface area (Å²) in [4.78, 5) is 22.4. The Labute approximate surface area is 126 Å². The molecule has 22 heavy (non-hydrogen) atoms. The van der Waals surface area contributed by atoms with Crippen molar-refractivity contribution in [1.29, 1.82) is 0 Å². The second-order valence-corrected chi connectivity index (χ2v) is 4.71. The quantitative estimate of drug-likeness (QED) is 0.532. The second kappa shape index (κ2) is 5.88. The van der Waals surface area contributed by atoms with Crippen molar-refractivity contribution in [2.24, 2.45) is 7.05 Å². The van der Waals surface area contributed by atoms with Gasteiger partial charge < -0.3 is 14.4 Å². The first kappa shape index (κ1) is 15.6. The third-order valence-corrected chi connectivity index (χ3v) is 3.42. The molecule has 1 aromatic heterocycles. The molecule has 1 heterocycles. The van der Waals surface area contributed by atoms with Crippen LogP contribution in [0.25, 0.3) is 10.9 Å². The Kier molecular flexibility index (Phi) is 4.16. The second-order valence-electron chi connectivity index (χ2n) is 4.71. The highest BCUT2D eigenvalue weighted by atomic mass is 16.6. The van der Waals surface area contributed by atoms with E-state index in [4.69, 9.17) is 4.74 Å². The van der Waals surface area contributed by atoms with Gasteiger partial charge in [0.25, 0.3) is 11.2 Å². The topological polar surface area (TPSA) is 94.6 Å². The van der Waals surface area contributed by atoms with Crippen LogP contribution in [0.4, 0.5) is 5.69 Å². The average Bonchev–Trinajstić information content (AvgIpc) is 2.52. The van der Waals surface area contributed by atoms with Crippen LogP contribution in [0.1, 0.15) is 20.3 Å². The van der Waals surface area contributed by atoms with Crippen molar-refractivity contribution in [1.82, 2.24) is 4.57 Å². The smallest absolute Gasteiger partial charge is 0.296 e. The molecule has 0 radical (unpaired) electrons. The first-order valence-corrected chi connectivity index (χ1v) is 6.73. The molecule has 0 aliphatic heterocycles. The van der Waals surface area contributed by atoms with Crippen molar-refractivity contribution in [3.05, 3.63) is 50.5 Å². The number of nitrogens with zero attached hydrogens (tertiary/aromatic N) is 2. The number of hydrogen-bond donors (Lipinski definition) is 1. The number of non-ortho nitro benzene ring substituents is 1. The Hall–Kier alpha value is -2.83. The van der Waals surface area contributed by atoms with Gasteiger partial charge in [0.2, 0.25) is 5.75 Å². The highest BCUT2D eigenvalue weighted by Crippen LogP contribution is 2.34. The molecule has 0 fully saturated rings. The minimum atomic E-state index is -0.672. The van der Waals surface area contributed by atoms with Crippen LogP contribution >= 0.6 is 0 Å². The zero-order valence-electron chi connectivity index (χ0n) is 12.5. The Balaban J connectivity index is 2.81. The zero-order chi connectivity index (χ0) is 16.4. The van der Waals surface area contributed by atoms with Crippen molar-refractivity contribution >= 4 is 16.6 Å². The Bertz CT molecular complexity index is 836. The molecule has 0 aliphatic carbocycles. The van der Waals surface area contributed by atoms with E-state index in [1.807, 2.05) is 6.92 Å². The Morgan fingerprint density at radius 3 is 2.73 bits per heavy atom. The summed E-state index contributed by atoms with van der Waals surface area (Å²) in [7, 11) is 1.44.